The number of carbonyl (C=O) groups is 2. The van der Waals surface area contributed by atoms with Gasteiger partial charge in [-0.25, -0.2) is 4.79 Å². The first-order chi connectivity index (χ1) is 15.1. The summed E-state index contributed by atoms with van der Waals surface area (Å²) < 4.78 is 41.4. The van der Waals surface area contributed by atoms with Crippen molar-refractivity contribution in [3.8, 4) is 0 Å². The van der Waals surface area contributed by atoms with Crippen LogP contribution in [0.2, 0.25) is 18.1 Å². The number of rotatable bonds is 16. The fourth-order valence-corrected chi connectivity index (χ4v) is 6.58. The molecule has 0 aromatic carbocycles. The van der Waals surface area contributed by atoms with E-state index in [0.29, 0.717) is 0 Å². The molecule has 10 heteroatoms. The van der Waals surface area contributed by atoms with Gasteiger partial charge in [0.2, 0.25) is 0 Å². The molecule has 33 heavy (non-hydrogen) atoms. The number of hydrogen-bond donors (Lipinski definition) is 0. The Labute approximate surface area is 202 Å². The largest absolute Gasteiger partial charge is 0.469 e. The lowest BCUT2D eigenvalue weighted by atomic mass is 9.93. The highest BCUT2D eigenvalue weighted by Gasteiger charge is 2.49. The molecule has 0 fully saturated rings. The summed E-state index contributed by atoms with van der Waals surface area (Å²) in [6.45, 7) is 16.4. The second-order valence-corrected chi connectivity index (χ2v) is 17.0. The zero-order chi connectivity index (χ0) is 25.9. The van der Waals surface area contributed by atoms with Crippen molar-refractivity contribution in [2.75, 3.05) is 33.6 Å². The van der Waals surface area contributed by atoms with Crippen molar-refractivity contribution in [1.29, 1.82) is 0 Å². The van der Waals surface area contributed by atoms with Crippen LogP contribution >= 0.6 is 7.60 Å². The summed E-state index contributed by atoms with van der Waals surface area (Å²) in [7, 11) is -3.48. The van der Waals surface area contributed by atoms with Gasteiger partial charge in [0, 0.05) is 0 Å². The minimum atomic E-state index is -3.61. The fraction of sp³-hybridized carbons (Fsp3) is 0.913. The van der Waals surface area contributed by atoms with Crippen molar-refractivity contribution in [3.63, 3.8) is 0 Å². The highest BCUT2D eigenvalue weighted by Crippen LogP contribution is 2.52. The van der Waals surface area contributed by atoms with Crippen LogP contribution in [0.3, 0.4) is 0 Å². The van der Waals surface area contributed by atoms with Gasteiger partial charge < -0.3 is 22.9 Å². The zero-order valence-electron chi connectivity index (χ0n) is 22.4. The molecule has 0 rings (SSSR count). The molecule has 0 saturated carbocycles. The first kappa shape index (κ1) is 32.3. The maximum absolute atomic E-state index is 13.6. The van der Waals surface area contributed by atoms with E-state index in [1.165, 1.54) is 14.2 Å². The molecule has 0 aliphatic rings. The van der Waals surface area contributed by atoms with Gasteiger partial charge in [-0.1, -0.05) is 47.5 Å². The highest BCUT2D eigenvalue weighted by atomic mass is 31.2. The molecule has 0 saturated heterocycles. The summed E-state index contributed by atoms with van der Waals surface area (Å²) >= 11 is 0. The minimum Gasteiger partial charge on any atom is -0.469 e. The smallest absolute Gasteiger partial charge is 0.336 e. The second-order valence-electron chi connectivity index (χ2n) is 10.2. The third-order valence-electron chi connectivity index (χ3n) is 6.09. The van der Waals surface area contributed by atoms with Crippen LogP contribution in [0.5, 0.6) is 0 Å². The first-order valence-corrected chi connectivity index (χ1v) is 16.5. The Morgan fingerprint density at radius 2 is 1.39 bits per heavy atom. The fourth-order valence-electron chi connectivity index (χ4n) is 3.07. The molecule has 0 amide bonds. The van der Waals surface area contributed by atoms with Crippen molar-refractivity contribution in [1.82, 2.24) is 0 Å². The molecule has 0 N–H and O–H groups in total. The molecule has 0 aliphatic carbocycles. The maximum Gasteiger partial charge on any atom is 0.336 e. The Bertz CT molecular complexity index is 647. The van der Waals surface area contributed by atoms with E-state index in [-0.39, 0.29) is 30.8 Å². The standard InChI is InChI=1S/C23H47O8PSi/c1-11-13-15-29-32(26,30-16-14-12-2)18-19(20(24)27-7)17-23(6,21(25)28-8)31-33(9,10)22(3,4)5/h19H,11-18H2,1-10H3/t19-,23+/m0/s1. The predicted octanol–water partition coefficient (Wildman–Crippen LogP) is 5.95. The van der Waals surface area contributed by atoms with Crippen LogP contribution in [0.15, 0.2) is 0 Å². The Balaban J connectivity index is 6.03. The Morgan fingerprint density at radius 3 is 1.76 bits per heavy atom. The Hall–Kier alpha value is -0.733. The van der Waals surface area contributed by atoms with Crippen molar-refractivity contribution >= 4 is 27.9 Å². The predicted molar refractivity (Wildman–Crippen MR) is 133 cm³/mol. The Morgan fingerprint density at radius 1 is 0.909 bits per heavy atom. The van der Waals surface area contributed by atoms with Gasteiger partial charge >= 0.3 is 19.5 Å². The molecule has 0 bridgehead atoms. The van der Waals surface area contributed by atoms with Crippen LogP contribution in [0, 0.1) is 5.92 Å². The van der Waals surface area contributed by atoms with Crippen LogP contribution < -0.4 is 0 Å². The lowest BCUT2D eigenvalue weighted by molar-refractivity contribution is -0.162. The van der Waals surface area contributed by atoms with Gasteiger partial charge in [-0.05, 0) is 44.3 Å². The molecule has 0 radical (unpaired) electrons. The number of carbonyl (C=O) groups excluding carboxylic acids is 2. The summed E-state index contributed by atoms with van der Waals surface area (Å²) in [4.78, 5) is 25.6. The van der Waals surface area contributed by atoms with E-state index in [1.807, 2.05) is 26.9 Å². The van der Waals surface area contributed by atoms with Gasteiger partial charge in [0.25, 0.3) is 0 Å². The molecule has 0 aromatic heterocycles. The number of unbranched alkanes of at least 4 members (excludes halogenated alkanes) is 2. The molecule has 0 spiro atoms. The molecular weight excluding hydrogens is 463 g/mol. The van der Waals surface area contributed by atoms with E-state index in [0.717, 1.165) is 25.7 Å². The van der Waals surface area contributed by atoms with Gasteiger partial charge in [-0.2, -0.15) is 0 Å². The SMILES string of the molecule is CCCCOP(=O)(C[C@H](C[C@@](C)(O[Si](C)(C)C(C)(C)C)C(=O)OC)C(=O)OC)OCCCC. The number of esters is 2. The number of hydrogen-bond acceptors (Lipinski definition) is 8. The molecule has 0 unspecified atom stereocenters. The molecule has 196 valence electrons. The molecule has 0 aromatic rings. The average Bonchev–Trinajstić information content (AvgIpc) is 2.71. The van der Waals surface area contributed by atoms with E-state index in [4.69, 9.17) is 22.9 Å². The summed E-state index contributed by atoms with van der Waals surface area (Å²) in [6, 6.07) is 0. The molecule has 0 heterocycles. The highest BCUT2D eigenvalue weighted by molar-refractivity contribution is 7.53. The average molecular weight is 511 g/mol. The van der Waals surface area contributed by atoms with Crippen LogP contribution in [0.4, 0.5) is 0 Å². The lowest BCUT2D eigenvalue weighted by Crippen LogP contribution is -2.54. The van der Waals surface area contributed by atoms with E-state index in [1.54, 1.807) is 6.92 Å². The van der Waals surface area contributed by atoms with Gasteiger partial charge in [0.15, 0.2) is 13.9 Å². The van der Waals surface area contributed by atoms with Crippen molar-refractivity contribution in [2.24, 2.45) is 5.92 Å². The molecule has 2 atom stereocenters. The van der Waals surface area contributed by atoms with Crippen LogP contribution in [0.1, 0.15) is 73.6 Å². The van der Waals surface area contributed by atoms with Gasteiger partial charge in [0.05, 0.1) is 39.5 Å². The van der Waals surface area contributed by atoms with E-state index < -0.39 is 39.4 Å². The zero-order valence-corrected chi connectivity index (χ0v) is 24.3. The first-order valence-electron chi connectivity index (χ1n) is 11.9. The van der Waals surface area contributed by atoms with Gasteiger partial charge in [0.1, 0.15) is 0 Å². The van der Waals surface area contributed by atoms with Crippen LogP contribution in [-0.2, 0) is 37.1 Å². The summed E-state index contributed by atoms with van der Waals surface area (Å²) in [5, 5.41) is -0.176. The maximum atomic E-state index is 13.6. The topological polar surface area (TPSA) is 97.4 Å². The number of ether oxygens (including phenoxy) is 2. The van der Waals surface area contributed by atoms with E-state index in [9.17, 15) is 14.2 Å². The van der Waals surface area contributed by atoms with E-state index >= 15 is 0 Å². The number of methoxy groups -OCH3 is 2. The van der Waals surface area contributed by atoms with Crippen LogP contribution in [-0.4, -0.2) is 59.5 Å². The third-order valence-corrected chi connectivity index (χ3v) is 12.7. The van der Waals surface area contributed by atoms with Crippen LogP contribution in [0.25, 0.3) is 0 Å². The summed E-state index contributed by atoms with van der Waals surface area (Å²) in [5.41, 5.74) is -1.42. The normalized spacial score (nSPS) is 15.6. The lowest BCUT2D eigenvalue weighted by Gasteiger charge is -2.43. The monoisotopic (exact) mass is 510 g/mol. The molecule has 0 aliphatic heterocycles. The molecular formula is C23H47O8PSi. The van der Waals surface area contributed by atoms with Crippen molar-refractivity contribution in [2.45, 2.75) is 97.4 Å². The second kappa shape index (κ2) is 14.0. The van der Waals surface area contributed by atoms with Gasteiger partial charge in [-0.3, -0.25) is 9.36 Å². The third kappa shape index (κ3) is 10.6. The quantitative estimate of drug-likeness (QED) is 0.109. The molecule has 8 nitrogen and oxygen atoms in total. The minimum absolute atomic E-state index is 0.0584. The van der Waals surface area contributed by atoms with Gasteiger partial charge in [-0.15, -0.1) is 0 Å². The Kier molecular flexibility index (Phi) is 13.7. The van der Waals surface area contributed by atoms with E-state index in [2.05, 4.69) is 20.8 Å². The van der Waals surface area contributed by atoms with Crippen molar-refractivity contribution < 1.29 is 37.1 Å². The summed E-state index contributed by atoms with van der Waals surface area (Å²) in [6.07, 6.45) is 2.93. The summed E-state index contributed by atoms with van der Waals surface area (Å²) in [5.74, 6) is -2.12. The van der Waals surface area contributed by atoms with Crippen molar-refractivity contribution in [3.05, 3.63) is 0 Å².